The highest BCUT2D eigenvalue weighted by molar-refractivity contribution is 5.96. The lowest BCUT2D eigenvalue weighted by Crippen LogP contribution is -2.21. The second-order valence-corrected chi connectivity index (χ2v) is 6.43. The minimum atomic E-state index is -0.826. The van der Waals surface area contributed by atoms with Crippen LogP contribution in [0.1, 0.15) is 40.6 Å². The van der Waals surface area contributed by atoms with Crippen LogP contribution in [-0.2, 0) is 9.53 Å². The number of halogens is 1. The smallest absolute Gasteiger partial charge is 0.340 e. The van der Waals surface area contributed by atoms with Crippen molar-refractivity contribution in [3.8, 4) is 0 Å². The molecule has 1 fully saturated rings. The molecule has 0 spiro atoms. The zero-order valence-corrected chi connectivity index (χ0v) is 14.8. The molecule has 0 bridgehead atoms. The van der Waals surface area contributed by atoms with Crippen LogP contribution in [0.25, 0.3) is 0 Å². The van der Waals surface area contributed by atoms with Crippen molar-refractivity contribution in [3.05, 3.63) is 57.1 Å². The fourth-order valence-electron chi connectivity index (χ4n) is 3.00. The van der Waals surface area contributed by atoms with Crippen molar-refractivity contribution in [2.75, 3.05) is 11.9 Å². The Balaban J connectivity index is 1.63. The molecule has 1 aliphatic carbocycles. The molecule has 0 saturated heterocycles. The Kier molecular flexibility index (Phi) is 4.93. The van der Waals surface area contributed by atoms with E-state index in [0.29, 0.717) is 11.6 Å². The highest BCUT2D eigenvalue weighted by Crippen LogP contribution is 2.38. The first kappa shape index (κ1) is 18.6. The summed E-state index contributed by atoms with van der Waals surface area (Å²) in [5.41, 5.74) is 1.40. The number of nitrogens with zero attached hydrogens (tertiary/aromatic N) is 2. The van der Waals surface area contributed by atoms with Crippen LogP contribution in [0.3, 0.4) is 0 Å². The van der Waals surface area contributed by atoms with Crippen LogP contribution in [0.5, 0.6) is 0 Å². The number of aromatic nitrogens is 1. The van der Waals surface area contributed by atoms with Crippen molar-refractivity contribution in [2.45, 2.75) is 32.7 Å². The summed E-state index contributed by atoms with van der Waals surface area (Å²) in [6.07, 6.45) is 2.14. The second-order valence-electron chi connectivity index (χ2n) is 6.43. The van der Waals surface area contributed by atoms with E-state index in [-0.39, 0.29) is 11.4 Å². The summed E-state index contributed by atoms with van der Waals surface area (Å²) in [6.45, 7) is 3.09. The molecule has 1 heterocycles. The number of esters is 1. The van der Waals surface area contributed by atoms with Crippen LogP contribution in [0, 0.1) is 29.8 Å². The summed E-state index contributed by atoms with van der Waals surface area (Å²) in [4.78, 5) is 34.2. The van der Waals surface area contributed by atoms with Crippen molar-refractivity contribution in [1.29, 1.82) is 0 Å². The monoisotopic (exact) mass is 375 g/mol. The van der Waals surface area contributed by atoms with Crippen LogP contribution < -0.4 is 5.32 Å². The summed E-state index contributed by atoms with van der Waals surface area (Å²) in [6, 6.07) is 4.89. The SMILES string of the molecule is Cc1cc(C(=O)OCC(=O)Nc2cc([N+](=O)[O-])ccc2F)c(C)n1C1CC1. The van der Waals surface area contributed by atoms with Gasteiger partial charge in [0.2, 0.25) is 0 Å². The fraction of sp³-hybridized carbons (Fsp3) is 0.333. The van der Waals surface area contributed by atoms with Crippen molar-refractivity contribution >= 4 is 23.3 Å². The quantitative estimate of drug-likeness (QED) is 0.474. The Hall–Kier alpha value is -3.23. The van der Waals surface area contributed by atoms with Gasteiger partial charge in [-0.3, -0.25) is 14.9 Å². The van der Waals surface area contributed by atoms with E-state index < -0.39 is 29.2 Å². The van der Waals surface area contributed by atoms with Crippen molar-refractivity contribution in [1.82, 2.24) is 4.57 Å². The van der Waals surface area contributed by atoms with E-state index in [0.717, 1.165) is 42.4 Å². The van der Waals surface area contributed by atoms with Gasteiger partial charge >= 0.3 is 5.97 Å². The Morgan fingerprint density at radius 2 is 2.04 bits per heavy atom. The Morgan fingerprint density at radius 3 is 2.67 bits per heavy atom. The lowest BCUT2D eigenvalue weighted by Gasteiger charge is -2.09. The van der Waals surface area contributed by atoms with Gasteiger partial charge in [-0.15, -0.1) is 0 Å². The number of aryl methyl sites for hydroxylation is 1. The predicted octanol–water partition coefficient (Wildman–Crippen LogP) is 3.28. The maximum Gasteiger partial charge on any atom is 0.340 e. The Bertz CT molecular complexity index is 933. The molecule has 3 rings (SSSR count). The summed E-state index contributed by atoms with van der Waals surface area (Å²) < 4.78 is 20.8. The number of nitro groups is 1. The average Bonchev–Trinajstić information content (AvgIpc) is 3.39. The number of nitro benzene ring substituents is 1. The summed E-state index contributed by atoms with van der Waals surface area (Å²) >= 11 is 0. The van der Waals surface area contributed by atoms with E-state index >= 15 is 0 Å². The molecule has 1 amide bonds. The number of hydrogen-bond donors (Lipinski definition) is 1. The highest BCUT2D eigenvalue weighted by atomic mass is 19.1. The summed E-state index contributed by atoms with van der Waals surface area (Å²) in [5, 5.41) is 12.9. The molecular weight excluding hydrogens is 357 g/mol. The zero-order chi connectivity index (χ0) is 19.7. The molecule has 142 valence electrons. The second kappa shape index (κ2) is 7.18. The summed E-state index contributed by atoms with van der Waals surface area (Å²) in [5.74, 6) is -2.27. The van der Waals surface area contributed by atoms with Crippen LogP contribution in [-0.4, -0.2) is 28.0 Å². The minimum absolute atomic E-state index is 0.350. The first-order valence-corrected chi connectivity index (χ1v) is 8.37. The van der Waals surface area contributed by atoms with E-state index in [1.165, 1.54) is 0 Å². The molecule has 1 aromatic heterocycles. The maximum absolute atomic E-state index is 13.7. The number of anilines is 1. The van der Waals surface area contributed by atoms with Crippen LogP contribution in [0.15, 0.2) is 24.3 Å². The van der Waals surface area contributed by atoms with E-state index in [1.807, 2.05) is 13.8 Å². The number of rotatable bonds is 6. The number of non-ortho nitro benzene ring substituents is 1. The van der Waals surface area contributed by atoms with Gasteiger partial charge in [-0.2, -0.15) is 0 Å². The van der Waals surface area contributed by atoms with Crippen molar-refractivity contribution < 1.29 is 23.6 Å². The molecule has 1 aliphatic rings. The molecule has 1 aromatic carbocycles. The number of carbonyl (C=O) groups is 2. The molecule has 27 heavy (non-hydrogen) atoms. The Morgan fingerprint density at radius 1 is 1.33 bits per heavy atom. The molecule has 1 saturated carbocycles. The number of ether oxygens (including phenoxy) is 1. The summed E-state index contributed by atoms with van der Waals surface area (Å²) in [7, 11) is 0. The molecule has 0 unspecified atom stereocenters. The molecule has 8 nitrogen and oxygen atoms in total. The molecule has 2 aromatic rings. The number of carbonyl (C=O) groups excluding carboxylic acids is 2. The first-order valence-electron chi connectivity index (χ1n) is 8.37. The van der Waals surface area contributed by atoms with Gasteiger partial charge < -0.3 is 14.6 Å². The van der Waals surface area contributed by atoms with Gasteiger partial charge in [0, 0.05) is 29.6 Å². The maximum atomic E-state index is 13.7. The fourth-order valence-corrected chi connectivity index (χ4v) is 3.00. The molecule has 0 atom stereocenters. The van der Waals surface area contributed by atoms with Gasteiger partial charge in [-0.1, -0.05) is 0 Å². The van der Waals surface area contributed by atoms with Crippen molar-refractivity contribution in [3.63, 3.8) is 0 Å². The van der Waals surface area contributed by atoms with Gasteiger partial charge in [0.25, 0.3) is 11.6 Å². The van der Waals surface area contributed by atoms with Crippen LogP contribution >= 0.6 is 0 Å². The van der Waals surface area contributed by atoms with Gasteiger partial charge in [0.15, 0.2) is 6.61 Å². The zero-order valence-electron chi connectivity index (χ0n) is 14.8. The van der Waals surface area contributed by atoms with Gasteiger partial charge in [-0.05, 0) is 38.8 Å². The lowest BCUT2D eigenvalue weighted by molar-refractivity contribution is -0.384. The molecule has 0 radical (unpaired) electrons. The molecule has 1 N–H and O–H groups in total. The van der Waals surface area contributed by atoms with Gasteiger partial charge in [0.1, 0.15) is 5.82 Å². The predicted molar refractivity (Wildman–Crippen MR) is 94.1 cm³/mol. The highest BCUT2D eigenvalue weighted by Gasteiger charge is 2.29. The third-order valence-electron chi connectivity index (χ3n) is 4.39. The first-order chi connectivity index (χ1) is 12.8. The van der Waals surface area contributed by atoms with Crippen LogP contribution in [0.4, 0.5) is 15.8 Å². The standard InChI is InChI=1S/C18H18FN3O5/c1-10-7-14(11(2)21(10)12-3-4-12)18(24)27-9-17(23)20-16-8-13(22(25)26)5-6-15(16)19/h5-8,12H,3-4,9H2,1-2H3,(H,20,23). The topological polar surface area (TPSA) is 103 Å². The number of amides is 1. The molecular formula is C18H18FN3O5. The normalized spacial score (nSPS) is 13.3. The van der Waals surface area contributed by atoms with E-state index in [1.54, 1.807) is 6.07 Å². The number of benzene rings is 1. The Labute approximate surface area is 154 Å². The van der Waals surface area contributed by atoms with Crippen molar-refractivity contribution in [2.24, 2.45) is 0 Å². The van der Waals surface area contributed by atoms with Gasteiger partial charge in [-0.25, -0.2) is 9.18 Å². The average molecular weight is 375 g/mol. The number of hydrogen-bond acceptors (Lipinski definition) is 5. The lowest BCUT2D eigenvalue weighted by atomic mass is 10.2. The van der Waals surface area contributed by atoms with E-state index in [4.69, 9.17) is 4.74 Å². The van der Waals surface area contributed by atoms with E-state index in [9.17, 15) is 24.1 Å². The largest absolute Gasteiger partial charge is 0.452 e. The van der Waals surface area contributed by atoms with Crippen LogP contribution in [0.2, 0.25) is 0 Å². The minimum Gasteiger partial charge on any atom is -0.452 e. The third-order valence-corrected chi connectivity index (χ3v) is 4.39. The van der Waals surface area contributed by atoms with E-state index in [2.05, 4.69) is 9.88 Å². The molecule has 0 aliphatic heterocycles. The number of nitrogens with one attached hydrogen (secondary N) is 1. The van der Waals surface area contributed by atoms with Gasteiger partial charge in [0.05, 0.1) is 16.2 Å². The molecule has 9 heteroatoms. The third kappa shape index (κ3) is 3.97.